The number of halogens is 2. The Morgan fingerprint density at radius 2 is 2.30 bits per heavy atom. The number of alkyl halides is 1. The van der Waals surface area contributed by atoms with E-state index in [9.17, 15) is 9.18 Å². The molecule has 1 rings (SSSR count). The molecule has 1 unspecified atom stereocenters. The van der Waals surface area contributed by atoms with E-state index in [0.29, 0.717) is 6.42 Å². The monoisotopic (exact) mass is 167 g/mol. The van der Waals surface area contributed by atoms with Crippen molar-refractivity contribution in [1.82, 2.24) is 5.32 Å². The lowest BCUT2D eigenvalue weighted by Crippen LogP contribution is -2.25. The maximum Gasteiger partial charge on any atom is 0.180 e. The molecular weight excluding hydrogens is 157 g/mol. The van der Waals surface area contributed by atoms with Crippen molar-refractivity contribution >= 4 is 18.2 Å². The number of hydrogen-bond acceptors (Lipinski definition) is 2. The minimum absolute atomic E-state index is 0. The Kier molecular flexibility index (Phi) is 4.56. The lowest BCUT2D eigenvalue weighted by molar-refractivity contribution is -0.122. The van der Waals surface area contributed by atoms with Crippen LogP contribution in [0.25, 0.3) is 0 Å². The van der Waals surface area contributed by atoms with Gasteiger partial charge in [-0.2, -0.15) is 0 Å². The molecule has 0 aliphatic carbocycles. The van der Waals surface area contributed by atoms with Crippen LogP contribution >= 0.6 is 12.4 Å². The van der Waals surface area contributed by atoms with Gasteiger partial charge in [-0.15, -0.1) is 12.4 Å². The summed E-state index contributed by atoms with van der Waals surface area (Å²) < 4.78 is 12.4. The lowest BCUT2D eigenvalue weighted by atomic mass is 10.2. The minimum atomic E-state index is -1.21. The standard InChI is InChI=1S/C6H10FNO.ClH/c7-5-2-1-3-8-4-6(5)9;/h5,8H,1-4H2;1H. The molecule has 1 aliphatic rings. The molecule has 0 aromatic carbocycles. The lowest BCUT2D eigenvalue weighted by Gasteiger charge is -1.97. The first-order chi connectivity index (χ1) is 4.30. The zero-order valence-electron chi connectivity index (χ0n) is 5.60. The molecular formula is C6H11ClFNO. The van der Waals surface area contributed by atoms with Crippen LogP contribution in [0.5, 0.6) is 0 Å². The molecule has 0 radical (unpaired) electrons. The van der Waals surface area contributed by atoms with E-state index >= 15 is 0 Å². The third-order valence-corrected chi connectivity index (χ3v) is 1.46. The Hall–Kier alpha value is -0.150. The summed E-state index contributed by atoms with van der Waals surface area (Å²) in [6.45, 7) is 0.979. The quantitative estimate of drug-likeness (QED) is 0.576. The third kappa shape index (κ3) is 2.62. The van der Waals surface area contributed by atoms with Crippen molar-refractivity contribution in [2.75, 3.05) is 13.1 Å². The third-order valence-electron chi connectivity index (χ3n) is 1.46. The van der Waals surface area contributed by atoms with Gasteiger partial charge in [0, 0.05) is 0 Å². The van der Waals surface area contributed by atoms with Gasteiger partial charge in [0.05, 0.1) is 6.54 Å². The number of Topliss-reactive ketones (excluding diaryl/α,β-unsaturated/α-hetero) is 1. The molecule has 0 aromatic heterocycles. The topological polar surface area (TPSA) is 29.1 Å². The van der Waals surface area contributed by atoms with Crippen LogP contribution in [-0.2, 0) is 4.79 Å². The number of nitrogens with one attached hydrogen (secondary N) is 1. The Labute approximate surface area is 65.6 Å². The first-order valence-electron chi connectivity index (χ1n) is 3.18. The Morgan fingerprint density at radius 1 is 1.60 bits per heavy atom. The predicted molar refractivity (Wildman–Crippen MR) is 39.3 cm³/mol. The van der Waals surface area contributed by atoms with Crippen LogP contribution in [0.3, 0.4) is 0 Å². The Morgan fingerprint density at radius 3 is 3.00 bits per heavy atom. The van der Waals surface area contributed by atoms with E-state index in [1.807, 2.05) is 0 Å². The van der Waals surface area contributed by atoms with Crippen molar-refractivity contribution in [3.63, 3.8) is 0 Å². The molecule has 0 amide bonds. The summed E-state index contributed by atoms with van der Waals surface area (Å²) in [5.41, 5.74) is 0. The average Bonchev–Trinajstić information content (AvgIpc) is 1.99. The van der Waals surface area contributed by atoms with Gasteiger partial charge in [-0.05, 0) is 19.4 Å². The molecule has 0 aromatic rings. The van der Waals surface area contributed by atoms with E-state index in [1.54, 1.807) is 0 Å². The first-order valence-corrected chi connectivity index (χ1v) is 3.18. The molecule has 1 heterocycles. The van der Waals surface area contributed by atoms with Crippen LogP contribution < -0.4 is 5.32 Å². The molecule has 0 bridgehead atoms. The molecule has 1 aliphatic heterocycles. The van der Waals surface area contributed by atoms with Crippen molar-refractivity contribution in [2.24, 2.45) is 0 Å². The number of rotatable bonds is 0. The zero-order chi connectivity index (χ0) is 6.69. The number of carbonyl (C=O) groups excluding carboxylic acids is 1. The molecule has 1 saturated heterocycles. The maximum atomic E-state index is 12.4. The molecule has 0 spiro atoms. The molecule has 1 atom stereocenters. The highest BCUT2D eigenvalue weighted by Gasteiger charge is 2.18. The van der Waals surface area contributed by atoms with Crippen LogP contribution in [0.2, 0.25) is 0 Å². The van der Waals surface area contributed by atoms with E-state index in [0.717, 1.165) is 13.0 Å². The van der Waals surface area contributed by atoms with Crippen LogP contribution in [0.15, 0.2) is 0 Å². The highest BCUT2D eigenvalue weighted by atomic mass is 35.5. The molecule has 2 nitrogen and oxygen atoms in total. The van der Waals surface area contributed by atoms with Gasteiger partial charge in [0.2, 0.25) is 0 Å². The minimum Gasteiger partial charge on any atom is -0.310 e. The average molecular weight is 168 g/mol. The van der Waals surface area contributed by atoms with Crippen LogP contribution in [0.4, 0.5) is 4.39 Å². The van der Waals surface area contributed by atoms with Crippen LogP contribution in [0.1, 0.15) is 12.8 Å². The van der Waals surface area contributed by atoms with Gasteiger partial charge in [0.25, 0.3) is 0 Å². The second-order valence-electron chi connectivity index (χ2n) is 2.25. The van der Waals surface area contributed by atoms with Gasteiger partial charge in [0.15, 0.2) is 12.0 Å². The van der Waals surface area contributed by atoms with Crippen LogP contribution in [-0.4, -0.2) is 25.0 Å². The second-order valence-corrected chi connectivity index (χ2v) is 2.25. The molecule has 4 heteroatoms. The van der Waals surface area contributed by atoms with E-state index < -0.39 is 6.17 Å². The van der Waals surface area contributed by atoms with E-state index in [-0.39, 0.29) is 24.7 Å². The summed E-state index contributed by atoms with van der Waals surface area (Å²) >= 11 is 0. The van der Waals surface area contributed by atoms with Gasteiger partial charge in [-0.1, -0.05) is 0 Å². The second kappa shape index (κ2) is 4.63. The van der Waals surface area contributed by atoms with Crippen molar-refractivity contribution < 1.29 is 9.18 Å². The SMILES string of the molecule is Cl.O=C1CNCCCC1F. The zero-order valence-corrected chi connectivity index (χ0v) is 6.42. The van der Waals surface area contributed by atoms with Crippen molar-refractivity contribution in [1.29, 1.82) is 0 Å². The van der Waals surface area contributed by atoms with E-state index in [4.69, 9.17) is 0 Å². The van der Waals surface area contributed by atoms with Gasteiger partial charge in [0.1, 0.15) is 0 Å². The first kappa shape index (κ1) is 9.85. The summed E-state index contributed by atoms with van der Waals surface area (Å²) in [6, 6.07) is 0. The predicted octanol–water partition coefficient (Wildman–Crippen LogP) is 0.699. The number of carbonyl (C=O) groups is 1. The smallest absolute Gasteiger partial charge is 0.180 e. The molecule has 1 fully saturated rings. The van der Waals surface area contributed by atoms with Crippen molar-refractivity contribution in [3.05, 3.63) is 0 Å². The fourth-order valence-corrected chi connectivity index (χ4v) is 0.890. The van der Waals surface area contributed by atoms with Crippen molar-refractivity contribution in [2.45, 2.75) is 19.0 Å². The molecule has 60 valence electrons. The summed E-state index contributed by atoms with van der Waals surface area (Å²) in [5, 5.41) is 2.84. The van der Waals surface area contributed by atoms with Crippen LogP contribution in [0, 0.1) is 0 Å². The van der Waals surface area contributed by atoms with Gasteiger partial charge < -0.3 is 5.32 Å². The highest BCUT2D eigenvalue weighted by molar-refractivity contribution is 5.85. The maximum absolute atomic E-state index is 12.4. The van der Waals surface area contributed by atoms with Gasteiger partial charge in [-0.3, -0.25) is 4.79 Å². The molecule has 1 N–H and O–H groups in total. The Balaban J connectivity index is 0.000000810. The number of hydrogen-bond donors (Lipinski definition) is 1. The largest absolute Gasteiger partial charge is 0.310 e. The van der Waals surface area contributed by atoms with E-state index in [2.05, 4.69) is 5.32 Å². The highest BCUT2D eigenvalue weighted by Crippen LogP contribution is 2.04. The molecule has 10 heavy (non-hydrogen) atoms. The summed E-state index contributed by atoms with van der Waals surface area (Å²) in [7, 11) is 0. The fraction of sp³-hybridized carbons (Fsp3) is 0.833. The molecule has 0 saturated carbocycles. The normalized spacial score (nSPS) is 26.9. The summed E-state index contributed by atoms with van der Waals surface area (Å²) in [4.78, 5) is 10.6. The Bertz CT molecular complexity index is 120. The summed E-state index contributed by atoms with van der Waals surface area (Å²) in [5.74, 6) is -0.299. The van der Waals surface area contributed by atoms with Crippen molar-refractivity contribution in [3.8, 4) is 0 Å². The van der Waals surface area contributed by atoms with Gasteiger partial charge >= 0.3 is 0 Å². The number of ketones is 1. The van der Waals surface area contributed by atoms with Gasteiger partial charge in [-0.25, -0.2) is 4.39 Å². The van der Waals surface area contributed by atoms with E-state index in [1.165, 1.54) is 0 Å². The summed E-state index contributed by atoms with van der Waals surface area (Å²) in [6.07, 6.45) is -0.0429. The fourth-order valence-electron chi connectivity index (χ4n) is 0.890.